The topological polar surface area (TPSA) is 12.0 Å². The number of rotatable bonds is 7. The second-order valence-corrected chi connectivity index (χ2v) is 6.06. The van der Waals surface area contributed by atoms with Gasteiger partial charge in [-0.3, -0.25) is 0 Å². The lowest BCUT2D eigenvalue weighted by atomic mass is 9.99. The summed E-state index contributed by atoms with van der Waals surface area (Å²) < 4.78 is 0. The monoisotopic (exact) mass is 229 g/mol. The first-order valence-electron chi connectivity index (χ1n) is 6.47. The summed E-state index contributed by atoms with van der Waals surface area (Å²) in [5.74, 6) is 2.28. The van der Waals surface area contributed by atoms with E-state index in [0.717, 1.165) is 5.92 Å². The van der Waals surface area contributed by atoms with E-state index in [0.29, 0.717) is 12.1 Å². The Morgan fingerprint density at radius 2 is 1.87 bits per heavy atom. The van der Waals surface area contributed by atoms with Gasteiger partial charge < -0.3 is 5.32 Å². The Morgan fingerprint density at radius 3 is 2.47 bits per heavy atom. The predicted octanol–water partition coefficient (Wildman–Crippen LogP) is 3.69. The largest absolute Gasteiger partial charge is 0.311 e. The minimum atomic E-state index is 0.665. The SMILES string of the molecule is CSCC(C)NC(C)CCC1CCCC1. The zero-order valence-corrected chi connectivity index (χ0v) is 11.4. The van der Waals surface area contributed by atoms with Crippen LogP contribution < -0.4 is 5.32 Å². The van der Waals surface area contributed by atoms with E-state index in [1.807, 2.05) is 11.8 Å². The highest BCUT2D eigenvalue weighted by Crippen LogP contribution is 2.28. The van der Waals surface area contributed by atoms with E-state index in [2.05, 4.69) is 25.4 Å². The molecule has 0 radical (unpaired) electrons. The molecule has 1 N–H and O–H groups in total. The van der Waals surface area contributed by atoms with E-state index >= 15 is 0 Å². The Kier molecular flexibility index (Phi) is 6.74. The normalized spacial score (nSPS) is 21.8. The van der Waals surface area contributed by atoms with Crippen LogP contribution in [0.15, 0.2) is 0 Å². The van der Waals surface area contributed by atoms with Crippen LogP contribution in [0.5, 0.6) is 0 Å². The van der Waals surface area contributed by atoms with Crippen LogP contribution >= 0.6 is 11.8 Å². The summed E-state index contributed by atoms with van der Waals surface area (Å²) in [4.78, 5) is 0. The van der Waals surface area contributed by atoms with Gasteiger partial charge in [0.2, 0.25) is 0 Å². The summed E-state index contributed by atoms with van der Waals surface area (Å²) >= 11 is 1.93. The van der Waals surface area contributed by atoms with Crippen molar-refractivity contribution in [2.24, 2.45) is 5.92 Å². The zero-order valence-electron chi connectivity index (χ0n) is 10.6. The molecule has 1 aliphatic rings. The summed E-state index contributed by atoms with van der Waals surface area (Å²) in [6, 6.07) is 1.37. The molecule has 15 heavy (non-hydrogen) atoms. The maximum Gasteiger partial charge on any atom is 0.0132 e. The molecule has 0 aromatic carbocycles. The third-order valence-electron chi connectivity index (χ3n) is 3.47. The van der Waals surface area contributed by atoms with Crippen molar-refractivity contribution < 1.29 is 0 Å². The second-order valence-electron chi connectivity index (χ2n) is 5.15. The minimum Gasteiger partial charge on any atom is -0.311 e. The Balaban J connectivity index is 2.04. The van der Waals surface area contributed by atoms with Gasteiger partial charge in [-0.1, -0.05) is 25.7 Å². The summed E-state index contributed by atoms with van der Waals surface area (Å²) in [6.45, 7) is 4.63. The number of nitrogens with one attached hydrogen (secondary N) is 1. The van der Waals surface area contributed by atoms with Crippen molar-refractivity contribution in [3.05, 3.63) is 0 Å². The molecule has 1 saturated carbocycles. The molecule has 0 heterocycles. The molecule has 1 fully saturated rings. The first kappa shape index (κ1) is 13.4. The van der Waals surface area contributed by atoms with Gasteiger partial charge in [-0.15, -0.1) is 0 Å². The van der Waals surface area contributed by atoms with Crippen LogP contribution in [0.2, 0.25) is 0 Å². The van der Waals surface area contributed by atoms with Gasteiger partial charge in [0.15, 0.2) is 0 Å². The van der Waals surface area contributed by atoms with Gasteiger partial charge in [0.25, 0.3) is 0 Å². The Labute approximate surface area is 99.8 Å². The molecular weight excluding hydrogens is 202 g/mol. The van der Waals surface area contributed by atoms with E-state index in [1.54, 1.807) is 0 Å². The average molecular weight is 229 g/mol. The molecule has 90 valence electrons. The van der Waals surface area contributed by atoms with Crippen molar-refractivity contribution in [3.8, 4) is 0 Å². The molecule has 0 spiro atoms. The highest BCUT2D eigenvalue weighted by atomic mass is 32.2. The van der Waals surface area contributed by atoms with E-state index in [1.165, 1.54) is 44.3 Å². The molecule has 0 aromatic rings. The van der Waals surface area contributed by atoms with E-state index in [9.17, 15) is 0 Å². The van der Waals surface area contributed by atoms with Crippen LogP contribution in [-0.4, -0.2) is 24.1 Å². The van der Waals surface area contributed by atoms with Gasteiger partial charge in [0.05, 0.1) is 0 Å². The fourth-order valence-electron chi connectivity index (χ4n) is 2.65. The van der Waals surface area contributed by atoms with Crippen LogP contribution in [0, 0.1) is 5.92 Å². The maximum atomic E-state index is 3.68. The summed E-state index contributed by atoms with van der Waals surface area (Å²) in [7, 11) is 0. The second kappa shape index (κ2) is 7.56. The van der Waals surface area contributed by atoms with Gasteiger partial charge in [0, 0.05) is 17.8 Å². The van der Waals surface area contributed by atoms with E-state index in [4.69, 9.17) is 0 Å². The van der Waals surface area contributed by atoms with Crippen molar-refractivity contribution in [2.45, 2.75) is 64.5 Å². The summed E-state index contributed by atoms with van der Waals surface area (Å²) in [5, 5.41) is 3.68. The molecule has 2 atom stereocenters. The minimum absolute atomic E-state index is 0.665. The zero-order chi connectivity index (χ0) is 11.1. The highest BCUT2D eigenvalue weighted by Gasteiger charge is 2.16. The van der Waals surface area contributed by atoms with Crippen LogP contribution in [-0.2, 0) is 0 Å². The summed E-state index contributed by atoms with van der Waals surface area (Å²) in [6.07, 6.45) is 10.9. The Morgan fingerprint density at radius 1 is 1.20 bits per heavy atom. The van der Waals surface area contributed by atoms with Crippen LogP contribution in [0.25, 0.3) is 0 Å². The molecule has 0 saturated heterocycles. The van der Waals surface area contributed by atoms with Crippen molar-refractivity contribution in [1.29, 1.82) is 0 Å². The predicted molar refractivity (Wildman–Crippen MR) is 71.6 cm³/mol. The van der Waals surface area contributed by atoms with Gasteiger partial charge in [-0.25, -0.2) is 0 Å². The number of hydrogen-bond donors (Lipinski definition) is 1. The highest BCUT2D eigenvalue weighted by molar-refractivity contribution is 7.98. The third kappa shape index (κ3) is 5.82. The van der Waals surface area contributed by atoms with Crippen molar-refractivity contribution >= 4 is 11.8 Å². The van der Waals surface area contributed by atoms with Gasteiger partial charge in [0.1, 0.15) is 0 Å². The molecule has 0 amide bonds. The van der Waals surface area contributed by atoms with E-state index in [-0.39, 0.29) is 0 Å². The average Bonchev–Trinajstić information content (AvgIpc) is 2.67. The van der Waals surface area contributed by atoms with Gasteiger partial charge in [-0.2, -0.15) is 11.8 Å². The third-order valence-corrected chi connectivity index (χ3v) is 4.30. The molecule has 1 rings (SSSR count). The quantitative estimate of drug-likeness (QED) is 0.714. The smallest absolute Gasteiger partial charge is 0.0132 e. The van der Waals surface area contributed by atoms with Crippen molar-refractivity contribution in [1.82, 2.24) is 5.32 Å². The Bertz CT molecular complexity index is 155. The lowest BCUT2D eigenvalue weighted by molar-refractivity contribution is 0.403. The standard InChI is InChI=1S/C13H27NS/c1-11(14-12(2)10-15-3)8-9-13-6-4-5-7-13/h11-14H,4-10H2,1-3H3. The van der Waals surface area contributed by atoms with Crippen LogP contribution in [0.4, 0.5) is 0 Å². The lowest BCUT2D eigenvalue weighted by Gasteiger charge is -2.20. The number of hydrogen-bond acceptors (Lipinski definition) is 2. The molecule has 1 aliphatic carbocycles. The fraction of sp³-hybridized carbons (Fsp3) is 1.00. The first-order valence-corrected chi connectivity index (χ1v) is 7.86. The van der Waals surface area contributed by atoms with Crippen LogP contribution in [0.3, 0.4) is 0 Å². The van der Waals surface area contributed by atoms with Gasteiger partial charge in [-0.05, 0) is 38.9 Å². The maximum absolute atomic E-state index is 3.68. The Hall–Kier alpha value is 0.310. The molecule has 0 bridgehead atoms. The van der Waals surface area contributed by atoms with Crippen molar-refractivity contribution in [2.75, 3.05) is 12.0 Å². The lowest BCUT2D eigenvalue weighted by Crippen LogP contribution is -2.36. The molecule has 2 heteroatoms. The van der Waals surface area contributed by atoms with E-state index < -0.39 is 0 Å². The fourth-order valence-corrected chi connectivity index (χ4v) is 3.25. The first-order chi connectivity index (χ1) is 7.22. The summed E-state index contributed by atoms with van der Waals surface area (Å²) in [5.41, 5.74) is 0. The van der Waals surface area contributed by atoms with Crippen molar-refractivity contribution in [3.63, 3.8) is 0 Å². The van der Waals surface area contributed by atoms with Crippen LogP contribution in [0.1, 0.15) is 52.4 Å². The molecular formula is C13H27NS. The van der Waals surface area contributed by atoms with Gasteiger partial charge >= 0.3 is 0 Å². The number of thioether (sulfide) groups is 1. The molecule has 0 aromatic heterocycles. The molecule has 0 aliphatic heterocycles. The molecule has 1 nitrogen and oxygen atoms in total. The molecule has 2 unspecified atom stereocenters.